The number of aryl methyl sites for hydroxylation is 2. The van der Waals surface area contributed by atoms with Crippen molar-refractivity contribution in [3.63, 3.8) is 0 Å². The van der Waals surface area contributed by atoms with Crippen molar-refractivity contribution in [1.82, 2.24) is 4.98 Å². The van der Waals surface area contributed by atoms with Gasteiger partial charge < -0.3 is 9.73 Å². The lowest BCUT2D eigenvalue weighted by Gasteiger charge is -2.04. The van der Waals surface area contributed by atoms with Crippen LogP contribution in [-0.4, -0.2) is 17.3 Å². The standard InChI is InChI=1S/C13H15FN2OS/c1-9-10(2)17-13(16-9)18-8-7-15-12-5-3-11(14)4-6-12/h3-6,15H,7-8H2,1-2H3. The molecule has 0 spiro atoms. The number of aromatic nitrogens is 1. The zero-order chi connectivity index (χ0) is 13.0. The lowest BCUT2D eigenvalue weighted by atomic mass is 10.3. The predicted molar refractivity (Wildman–Crippen MR) is 71.6 cm³/mol. The Morgan fingerprint density at radius 3 is 2.61 bits per heavy atom. The minimum Gasteiger partial charge on any atom is -0.437 e. The molecule has 0 atom stereocenters. The molecule has 18 heavy (non-hydrogen) atoms. The minimum absolute atomic E-state index is 0.222. The SMILES string of the molecule is Cc1nc(SCCNc2ccc(F)cc2)oc1C. The number of hydrogen-bond donors (Lipinski definition) is 1. The second-order valence-electron chi connectivity index (χ2n) is 3.90. The number of anilines is 1. The molecule has 0 aliphatic carbocycles. The summed E-state index contributed by atoms with van der Waals surface area (Å²) in [7, 11) is 0. The average Bonchev–Trinajstić information content (AvgIpc) is 2.67. The van der Waals surface area contributed by atoms with Crippen LogP contribution in [0, 0.1) is 19.7 Å². The van der Waals surface area contributed by atoms with Crippen molar-refractivity contribution in [2.75, 3.05) is 17.6 Å². The molecule has 1 aromatic carbocycles. The maximum Gasteiger partial charge on any atom is 0.256 e. The first-order chi connectivity index (χ1) is 8.65. The molecule has 5 heteroatoms. The van der Waals surface area contributed by atoms with Crippen LogP contribution >= 0.6 is 11.8 Å². The number of hydrogen-bond acceptors (Lipinski definition) is 4. The summed E-state index contributed by atoms with van der Waals surface area (Å²) >= 11 is 1.56. The van der Waals surface area contributed by atoms with Gasteiger partial charge in [0.2, 0.25) is 0 Å². The Morgan fingerprint density at radius 2 is 2.00 bits per heavy atom. The fourth-order valence-corrected chi connectivity index (χ4v) is 2.17. The van der Waals surface area contributed by atoms with Gasteiger partial charge in [0.05, 0.1) is 5.69 Å². The molecule has 0 saturated heterocycles. The summed E-state index contributed by atoms with van der Waals surface area (Å²) in [5.41, 5.74) is 1.85. The maximum atomic E-state index is 12.7. The Kier molecular flexibility index (Phi) is 4.25. The van der Waals surface area contributed by atoms with Gasteiger partial charge >= 0.3 is 0 Å². The second-order valence-corrected chi connectivity index (χ2v) is 4.95. The highest BCUT2D eigenvalue weighted by atomic mass is 32.2. The summed E-state index contributed by atoms with van der Waals surface area (Å²) in [4.78, 5) is 4.29. The molecule has 0 radical (unpaired) electrons. The molecule has 0 unspecified atom stereocenters. The summed E-state index contributed by atoms with van der Waals surface area (Å²) in [5.74, 6) is 1.49. The number of oxazole rings is 1. The zero-order valence-electron chi connectivity index (χ0n) is 10.4. The lowest BCUT2D eigenvalue weighted by Crippen LogP contribution is -2.03. The predicted octanol–water partition coefficient (Wildman–Crippen LogP) is 3.63. The molecule has 0 aliphatic heterocycles. The fourth-order valence-electron chi connectivity index (χ4n) is 1.41. The van der Waals surface area contributed by atoms with Gasteiger partial charge in [-0.25, -0.2) is 9.37 Å². The van der Waals surface area contributed by atoms with Crippen LogP contribution in [-0.2, 0) is 0 Å². The number of benzene rings is 1. The summed E-state index contributed by atoms with van der Waals surface area (Å²) in [5, 5.41) is 3.91. The van der Waals surface area contributed by atoms with Crippen LogP contribution in [0.2, 0.25) is 0 Å². The molecule has 0 fully saturated rings. The second kappa shape index (κ2) is 5.91. The van der Waals surface area contributed by atoms with Crippen LogP contribution in [0.15, 0.2) is 33.9 Å². The first-order valence-electron chi connectivity index (χ1n) is 5.71. The first-order valence-corrected chi connectivity index (χ1v) is 6.70. The highest BCUT2D eigenvalue weighted by molar-refractivity contribution is 7.99. The van der Waals surface area contributed by atoms with Gasteiger partial charge in [-0.1, -0.05) is 11.8 Å². The van der Waals surface area contributed by atoms with Crippen LogP contribution in [0.1, 0.15) is 11.5 Å². The molecule has 0 aliphatic rings. The van der Waals surface area contributed by atoms with Crippen molar-refractivity contribution >= 4 is 17.4 Å². The van der Waals surface area contributed by atoms with E-state index >= 15 is 0 Å². The number of rotatable bonds is 5. The van der Waals surface area contributed by atoms with E-state index in [-0.39, 0.29) is 5.82 Å². The van der Waals surface area contributed by atoms with E-state index in [1.165, 1.54) is 12.1 Å². The van der Waals surface area contributed by atoms with Gasteiger partial charge in [-0.05, 0) is 38.1 Å². The monoisotopic (exact) mass is 266 g/mol. The van der Waals surface area contributed by atoms with Crippen LogP contribution in [0.25, 0.3) is 0 Å². The van der Waals surface area contributed by atoms with Gasteiger partial charge in [-0.3, -0.25) is 0 Å². The summed E-state index contributed by atoms with van der Waals surface area (Å²) < 4.78 is 18.1. The van der Waals surface area contributed by atoms with Crippen molar-refractivity contribution in [1.29, 1.82) is 0 Å². The lowest BCUT2D eigenvalue weighted by molar-refractivity contribution is 0.431. The van der Waals surface area contributed by atoms with Crippen LogP contribution in [0.5, 0.6) is 0 Å². The Balaban J connectivity index is 1.74. The maximum absolute atomic E-state index is 12.7. The van der Waals surface area contributed by atoms with Gasteiger partial charge in [-0.2, -0.15) is 0 Å². The largest absolute Gasteiger partial charge is 0.437 e. The van der Waals surface area contributed by atoms with E-state index < -0.39 is 0 Å². The van der Waals surface area contributed by atoms with E-state index in [2.05, 4.69) is 10.3 Å². The normalized spacial score (nSPS) is 10.6. The fraction of sp³-hybridized carbons (Fsp3) is 0.308. The van der Waals surface area contributed by atoms with Crippen molar-refractivity contribution in [3.8, 4) is 0 Å². The molecule has 1 N–H and O–H groups in total. The molecular formula is C13H15FN2OS. The van der Waals surface area contributed by atoms with E-state index in [9.17, 15) is 4.39 Å². The van der Waals surface area contributed by atoms with Crippen LogP contribution in [0.3, 0.4) is 0 Å². The quantitative estimate of drug-likeness (QED) is 0.662. The molecule has 1 aromatic heterocycles. The molecule has 2 rings (SSSR count). The van der Waals surface area contributed by atoms with E-state index in [0.29, 0.717) is 5.22 Å². The first kappa shape index (κ1) is 13.0. The summed E-state index contributed by atoms with van der Waals surface area (Å²) in [6.45, 7) is 4.61. The Labute approximate surface area is 110 Å². The highest BCUT2D eigenvalue weighted by Crippen LogP contribution is 2.19. The smallest absolute Gasteiger partial charge is 0.256 e. The van der Waals surface area contributed by atoms with Gasteiger partial charge in [0.25, 0.3) is 5.22 Å². The van der Waals surface area contributed by atoms with E-state index in [4.69, 9.17) is 4.42 Å². The van der Waals surface area contributed by atoms with Crippen LogP contribution < -0.4 is 5.32 Å². The third kappa shape index (κ3) is 3.50. The molecule has 0 amide bonds. The summed E-state index contributed by atoms with van der Waals surface area (Å²) in [6, 6.07) is 6.32. The third-order valence-electron chi connectivity index (χ3n) is 2.51. The zero-order valence-corrected chi connectivity index (χ0v) is 11.2. The Bertz CT molecular complexity index is 491. The van der Waals surface area contributed by atoms with Crippen molar-refractivity contribution in [2.24, 2.45) is 0 Å². The van der Waals surface area contributed by atoms with E-state index in [1.54, 1.807) is 23.9 Å². The minimum atomic E-state index is -0.222. The van der Waals surface area contributed by atoms with E-state index in [1.807, 2.05) is 13.8 Å². The summed E-state index contributed by atoms with van der Waals surface area (Å²) in [6.07, 6.45) is 0. The van der Waals surface area contributed by atoms with E-state index in [0.717, 1.165) is 29.4 Å². The molecule has 3 nitrogen and oxygen atoms in total. The van der Waals surface area contributed by atoms with Gasteiger partial charge in [0.15, 0.2) is 0 Å². The van der Waals surface area contributed by atoms with Gasteiger partial charge in [-0.15, -0.1) is 0 Å². The molecule has 1 heterocycles. The van der Waals surface area contributed by atoms with Crippen molar-refractivity contribution in [3.05, 3.63) is 41.5 Å². The number of nitrogens with one attached hydrogen (secondary N) is 1. The topological polar surface area (TPSA) is 38.1 Å². The average molecular weight is 266 g/mol. The van der Waals surface area contributed by atoms with Crippen molar-refractivity contribution in [2.45, 2.75) is 19.1 Å². The van der Waals surface area contributed by atoms with Gasteiger partial charge in [0, 0.05) is 18.0 Å². The Morgan fingerprint density at radius 1 is 1.28 bits per heavy atom. The molecule has 0 bridgehead atoms. The molecule has 96 valence electrons. The number of nitrogens with zero attached hydrogens (tertiary/aromatic N) is 1. The van der Waals surface area contributed by atoms with Gasteiger partial charge in [0.1, 0.15) is 11.6 Å². The Hall–Kier alpha value is -1.49. The molecule has 2 aromatic rings. The number of halogens is 1. The molecular weight excluding hydrogens is 251 g/mol. The van der Waals surface area contributed by atoms with Crippen LogP contribution in [0.4, 0.5) is 10.1 Å². The number of thioether (sulfide) groups is 1. The van der Waals surface area contributed by atoms with Crippen molar-refractivity contribution < 1.29 is 8.81 Å². The molecule has 0 saturated carbocycles. The third-order valence-corrected chi connectivity index (χ3v) is 3.34. The highest BCUT2D eigenvalue weighted by Gasteiger charge is 2.05.